The van der Waals surface area contributed by atoms with Gasteiger partial charge in [0.15, 0.2) is 6.61 Å². The molecule has 132 valence electrons. The Bertz CT molecular complexity index is 718. The van der Waals surface area contributed by atoms with Crippen LogP contribution < -0.4 is 4.74 Å². The Morgan fingerprint density at radius 2 is 1.76 bits per heavy atom. The number of benzene rings is 1. The van der Waals surface area contributed by atoms with Crippen LogP contribution in [0.15, 0.2) is 41.8 Å². The molecule has 0 atom stereocenters. The summed E-state index contributed by atoms with van der Waals surface area (Å²) in [6.07, 6.45) is 0.768. The highest BCUT2D eigenvalue weighted by Crippen LogP contribution is 2.16. The van der Waals surface area contributed by atoms with Crippen molar-refractivity contribution in [3.05, 3.63) is 51.7 Å². The molecule has 2 amide bonds. The summed E-state index contributed by atoms with van der Waals surface area (Å²) >= 11 is 7.27. The molecule has 3 rings (SSSR count). The first-order chi connectivity index (χ1) is 12.1. The first kappa shape index (κ1) is 17.8. The molecule has 1 aromatic heterocycles. The maximum absolute atomic E-state index is 12.4. The minimum absolute atomic E-state index is 0.0134. The summed E-state index contributed by atoms with van der Waals surface area (Å²) < 4.78 is 5.52. The topological polar surface area (TPSA) is 49.9 Å². The monoisotopic (exact) mass is 378 g/mol. The average molecular weight is 379 g/mol. The average Bonchev–Trinajstić information content (AvgIpc) is 3.05. The van der Waals surface area contributed by atoms with Gasteiger partial charge < -0.3 is 14.5 Å². The number of ether oxygens (including phenoxy) is 1. The van der Waals surface area contributed by atoms with Crippen molar-refractivity contribution in [2.75, 3.05) is 32.8 Å². The molecule has 1 aliphatic rings. The zero-order valence-electron chi connectivity index (χ0n) is 13.7. The normalized spacial score (nSPS) is 14.9. The Hall–Kier alpha value is -2.05. The van der Waals surface area contributed by atoms with E-state index in [1.807, 2.05) is 22.4 Å². The lowest BCUT2D eigenvalue weighted by Crippen LogP contribution is -2.39. The van der Waals surface area contributed by atoms with Gasteiger partial charge in [0.1, 0.15) is 5.75 Å². The zero-order valence-corrected chi connectivity index (χ0v) is 15.3. The van der Waals surface area contributed by atoms with Gasteiger partial charge in [-0.05, 0) is 42.1 Å². The minimum atomic E-state index is -0.0691. The molecule has 1 aliphatic heterocycles. The van der Waals surface area contributed by atoms with Crippen LogP contribution in [-0.2, 0) is 4.79 Å². The number of hydrogen-bond donors (Lipinski definition) is 0. The van der Waals surface area contributed by atoms with Gasteiger partial charge in [-0.2, -0.15) is 0 Å². The van der Waals surface area contributed by atoms with Gasteiger partial charge in [0.25, 0.3) is 11.8 Å². The summed E-state index contributed by atoms with van der Waals surface area (Å²) in [7, 11) is 0. The van der Waals surface area contributed by atoms with Crippen molar-refractivity contribution in [3.63, 3.8) is 0 Å². The molecule has 1 fully saturated rings. The highest BCUT2D eigenvalue weighted by molar-refractivity contribution is 7.12. The minimum Gasteiger partial charge on any atom is -0.484 e. The largest absolute Gasteiger partial charge is 0.484 e. The quantitative estimate of drug-likeness (QED) is 0.821. The van der Waals surface area contributed by atoms with E-state index in [2.05, 4.69) is 0 Å². The van der Waals surface area contributed by atoms with E-state index in [9.17, 15) is 9.59 Å². The van der Waals surface area contributed by atoms with Crippen LogP contribution in [0.2, 0.25) is 5.02 Å². The van der Waals surface area contributed by atoms with Crippen LogP contribution in [0.5, 0.6) is 5.75 Å². The van der Waals surface area contributed by atoms with E-state index >= 15 is 0 Å². The van der Waals surface area contributed by atoms with Crippen LogP contribution in [-0.4, -0.2) is 54.4 Å². The predicted octanol–water partition coefficient (Wildman–Crippen LogP) is 3.16. The maximum atomic E-state index is 12.4. The molecule has 25 heavy (non-hydrogen) atoms. The van der Waals surface area contributed by atoms with Crippen molar-refractivity contribution >= 4 is 34.8 Å². The molecule has 0 bridgehead atoms. The predicted molar refractivity (Wildman–Crippen MR) is 98.4 cm³/mol. The van der Waals surface area contributed by atoms with Crippen molar-refractivity contribution < 1.29 is 14.3 Å². The summed E-state index contributed by atoms with van der Waals surface area (Å²) in [6, 6.07) is 10.6. The molecule has 2 heterocycles. The van der Waals surface area contributed by atoms with E-state index in [1.165, 1.54) is 11.3 Å². The highest BCUT2D eigenvalue weighted by atomic mass is 35.5. The maximum Gasteiger partial charge on any atom is 0.263 e. The fourth-order valence-corrected chi connectivity index (χ4v) is 3.51. The summed E-state index contributed by atoms with van der Waals surface area (Å²) in [4.78, 5) is 29.1. The Balaban J connectivity index is 1.51. The Morgan fingerprint density at radius 1 is 1.04 bits per heavy atom. The number of halogens is 1. The van der Waals surface area contributed by atoms with Gasteiger partial charge in [0.05, 0.1) is 4.88 Å². The summed E-state index contributed by atoms with van der Waals surface area (Å²) in [5.74, 6) is 0.587. The second-order valence-corrected chi connectivity index (χ2v) is 7.13. The molecule has 0 spiro atoms. The van der Waals surface area contributed by atoms with Gasteiger partial charge in [-0.25, -0.2) is 0 Å². The van der Waals surface area contributed by atoms with Crippen molar-refractivity contribution in [1.82, 2.24) is 9.80 Å². The second kappa shape index (κ2) is 8.36. The van der Waals surface area contributed by atoms with E-state index in [4.69, 9.17) is 16.3 Å². The van der Waals surface area contributed by atoms with E-state index in [-0.39, 0.29) is 18.4 Å². The third-order valence-corrected chi connectivity index (χ3v) is 5.15. The Morgan fingerprint density at radius 3 is 2.48 bits per heavy atom. The molecule has 2 aromatic rings. The van der Waals surface area contributed by atoms with Crippen LogP contribution in [0, 0.1) is 0 Å². The summed E-state index contributed by atoms with van der Waals surface area (Å²) in [5, 5.41) is 2.52. The number of nitrogens with zero attached hydrogens (tertiary/aromatic N) is 2. The SMILES string of the molecule is O=C(COc1ccc(Cl)cc1)N1CCCN(C(=O)c2cccs2)CC1. The second-order valence-electron chi connectivity index (χ2n) is 5.75. The molecule has 0 unspecified atom stereocenters. The van der Waals surface area contributed by atoms with Gasteiger partial charge in [0, 0.05) is 31.2 Å². The van der Waals surface area contributed by atoms with Crippen LogP contribution in [0.1, 0.15) is 16.1 Å². The van der Waals surface area contributed by atoms with E-state index in [0.717, 1.165) is 11.3 Å². The van der Waals surface area contributed by atoms with Gasteiger partial charge in [-0.1, -0.05) is 17.7 Å². The van der Waals surface area contributed by atoms with E-state index in [0.29, 0.717) is 37.0 Å². The van der Waals surface area contributed by atoms with E-state index < -0.39 is 0 Å². The van der Waals surface area contributed by atoms with Crippen molar-refractivity contribution in [3.8, 4) is 5.75 Å². The lowest BCUT2D eigenvalue weighted by atomic mass is 10.3. The smallest absolute Gasteiger partial charge is 0.263 e. The van der Waals surface area contributed by atoms with Gasteiger partial charge in [0.2, 0.25) is 0 Å². The molecule has 0 N–H and O–H groups in total. The lowest BCUT2D eigenvalue weighted by molar-refractivity contribution is -0.133. The molecule has 1 saturated heterocycles. The molecular weight excluding hydrogens is 360 g/mol. The molecule has 5 nitrogen and oxygen atoms in total. The Labute approximate surface area is 155 Å². The third kappa shape index (κ3) is 4.74. The van der Waals surface area contributed by atoms with Gasteiger partial charge in [-0.3, -0.25) is 9.59 Å². The van der Waals surface area contributed by atoms with Crippen LogP contribution in [0.25, 0.3) is 0 Å². The number of hydrogen-bond acceptors (Lipinski definition) is 4. The van der Waals surface area contributed by atoms with Crippen molar-refractivity contribution in [1.29, 1.82) is 0 Å². The molecule has 1 aromatic carbocycles. The Kier molecular flexibility index (Phi) is 5.94. The number of amides is 2. The van der Waals surface area contributed by atoms with E-state index in [1.54, 1.807) is 29.2 Å². The van der Waals surface area contributed by atoms with Crippen molar-refractivity contribution in [2.24, 2.45) is 0 Å². The zero-order chi connectivity index (χ0) is 17.6. The van der Waals surface area contributed by atoms with Crippen LogP contribution >= 0.6 is 22.9 Å². The number of carbonyl (C=O) groups is 2. The number of rotatable bonds is 4. The van der Waals surface area contributed by atoms with Gasteiger partial charge in [-0.15, -0.1) is 11.3 Å². The van der Waals surface area contributed by atoms with Crippen molar-refractivity contribution in [2.45, 2.75) is 6.42 Å². The van der Waals surface area contributed by atoms with Gasteiger partial charge >= 0.3 is 0 Å². The standard InChI is InChI=1S/C18H19ClN2O3S/c19-14-4-6-15(7-5-14)24-13-17(22)20-8-2-9-21(11-10-20)18(23)16-3-1-12-25-16/h1,3-7,12H,2,8-11,13H2. The molecule has 0 aliphatic carbocycles. The van der Waals surface area contributed by atoms with Crippen LogP contribution in [0.3, 0.4) is 0 Å². The van der Waals surface area contributed by atoms with Crippen LogP contribution in [0.4, 0.5) is 0 Å². The summed E-state index contributed by atoms with van der Waals surface area (Å²) in [5.41, 5.74) is 0. The number of carbonyl (C=O) groups excluding carboxylic acids is 2. The molecule has 7 heteroatoms. The highest BCUT2D eigenvalue weighted by Gasteiger charge is 2.23. The molecule has 0 saturated carbocycles. The first-order valence-electron chi connectivity index (χ1n) is 8.12. The molecular formula is C18H19ClN2O3S. The first-order valence-corrected chi connectivity index (χ1v) is 9.38. The third-order valence-electron chi connectivity index (χ3n) is 4.04. The number of thiophene rings is 1. The fraction of sp³-hybridized carbons (Fsp3) is 0.333. The summed E-state index contributed by atoms with van der Waals surface area (Å²) in [6.45, 7) is 2.36. The lowest BCUT2D eigenvalue weighted by Gasteiger charge is -2.22. The molecule has 0 radical (unpaired) electrons. The fourth-order valence-electron chi connectivity index (χ4n) is 2.69.